The van der Waals surface area contributed by atoms with E-state index >= 15 is 0 Å². The molecule has 8 nitrogen and oxygen atoms in total. The molecule has 2 saturated carbocycles. The Labute approximate surface area is 264 Å². The van der Waals surface area contributed by atoms with Crippen LogP contribution in [0.2, 0.25) is 0 Å². The largest absolute Gasteiger partial charge is 0.494 e. The minimum absolute atomic E-state index is 0.00305. The Balaban J connectivity index is 1.02. The number of hydrogen-bond donors (Lipinski definition) is 2. The number of hydrogen-bond acceptors (Lipinski definition) is 6. The van der Waals surface area contributed by atoms with Crippen LogP contribution in [0.5, 0.6) is 0 Å². The van der Waals surface area contributed by atoms with Crippen molar-refractivity contribution in [2.45, 2.75) is 70.5 Å². The van der Waals surface area contributed by atoms with Gasteiger partial charge in [0.1, 0.15) is 5.82 Å². The number of aliphatic imine (C=N–C) groups is 1. The van der Waals surface area contributed by atoms with Crippen molar-refractivity contribution in [3.05, 3.63) is 71.8 Å². The topological polar surface area (TPSA) is 106 Å². The van der Waals surface area contributed by atoms with Crippen molar-refractivity contribution in [2.24, 2.45) is 28.7 Å². The molecule has 0 radical (unpaired) electrons. The molecule has 8 rings (SSSR count). The lowest BCUT2D eigenvalue weighted by atomic mass is 9.77. The molecule has 5 unspecified atom stereocenters. The maximum absolute atomic E-state index is 13.7. The first-order chi connectivity index (χ1) is 21.6. The summed E-state index contributed by atoms with van der Waals surface area (Å²) in [6.45, 7) is 8.73. The summed E-state index contributed by atoms with van der Waals surface area (Å²) in [5.41, 5.74) is 4.93. The molecule has 2 aromatic carbocycles. The molecule has 0 spiro atoms. The molecule has 1 amide bonds. The third kappa shape index (κ3) is 4.66. The van der Waals surface area contributed by atoms with Gasteiger partial charge in [0.2, 0.25) is 5.91 Å². The van der Waals surface area contributed by atoms with E-state index in [1.54, 1.807) is 0 Å². The van der Waals surface area contributed by atoms with Crippen LogP contribution >= 0.6 is 0 Å². The minimum atomic E-state index is -0.522. The number of imidazole rings is 1. The van der Waals surface area contributed by atoms with Crippen LogP contribution in [0.4, 0.5) is 0 Å². The second-order valence-electron chi connectivity index (χ2n) is 14.5. The SMILES string of the molecule is CC1(C)OB(c2ccc3c(c2)C(=O)c2cc(-c4cnc(C5C6CCC(C6)C5C(=O)NCC5C=NC=CC5)[nH]4)ccc2-3)OC1(C)C. The lowest BCUT2D eigenvalue weighted by Crippen LogP contribution is -2.41. The number of H-pyrrole nitrogens is 1. The molecule has 45 heavy (non-hydrogen) atoms. The Hall–Kier alpha value is -3.82. The average molecular weight is 603 g/mol. The van der Waals surface area contributed by atoms with Crippen LogP contribution in [0.1, 0.15) is 81.0 Å². The van der Waals surface area contributed by atoms with E-state index in [1.807, 2.05) is 88.8 Å². The lowest BCUT2D eigenvalue weighted by Gasteiger charge is -2.32. The predicted octanol–water partition coefficient (Wildman–Crippen LogP) is 5.44. The Morgan fingerprint density at radius 2 is 1.73 bits per heavy atom. The molecule has 9 heteroatoms. The zero-order valence-electron chi connectivity index (χ0n) is 26.3. The number of rotatable bonds is 6. The quantitative estimate of drug-likeness (QED) is 0.286. The van der Waals surface area contributed by atoms with Gasteiger partial charge in [-0.1, -0.05) is 36.4 Å². The highest BCUT2D eigenvalue weighted by molar-refractivity contribution is 6.62. The number of allylic oxidation sites excluding steroid dienone is 1. The van der Waals surface area contributed by atoms with Gasteiger partial charge < -0.3 is 19.6 Å². The fourth-order valence-electron chi connectivity index (χ4n) is 8.12. The minimum Gasteiger partial charge on any atom is -0.399 e. The highest BCUT2D eigenvalue weighted by atomic mass is 16.7. The molecule has 1 saturated heterocycles. The highest BCUT2D eigenvalue weighted by Gasteiger charge is 2.53. The zero-order valence-corrected chi connectivity index (χ0v) is 26.3. The number of aromatic nitrogens is 2. The molecule has 3 aromatic rings. The van der Waals surface area contributed by atoms with Gasteiger partial charge >= 0.3 is 7.12 Å². The van der Waals surface area contributed by atoms with Crippen LogP contribution in [0.15, 0.2) is 59.9 Å². The summed E-state index contributed by atoms with van der Waals surface area (Å²) < 4.78 is 12.5. The Morgan fingerprint density at radius 3 is 2.49 bits per heavy atom. The molecule has 2 N–H and O–H groups in total. The van der Waals surface area contributed by atoms with E-state index in [-0.39, 0.29) is 29.4 Å². The number of carbonyl (C=O) groups is 2. The van der Waals surface area contributed by atoms with Crippen molar-refractivity contribution in [2.75, 3.05) is 6.54 Å². The average Bonchev–Trinajstić information content (AvgIpc) is 3.85. The van der Waals surface area contributed by atoms with Crippen molar-refractivity contribution < 1.29 is 18.9 Å². The van der Waals surface area contributed by atoms with Crippen molar-refractivity contribution >= 4 is 30.5 Å². The number of carbonyl (C=O) groups excluding carboxylic acids is 2. The van der Waals surface area contributed by atoms with Gasteiger partial charge in [-0.3, -0.25) is 14.6 Å². The predicted molar refractivity (Wildman–Crippen MR) is 174 cm³/mol. The van der Waals surface area contributed by atoms with E-state index in [9.17, 15) is 9.59 Å². The first-order valence-electron chi connectivity index (χ1n) is 16.3. The second kappa shape index (κ2) is 10.4. The van der Waals surface area contributed by atoms with Gasteiger partial charge in [0.15, 0.2) is 5.78 Å². The molecule has 5 aliphatic rings. The smallest absolute Gasteiger partial charge is 0.399 e. The monoisotopic (exact) mass is 602 g/mol. The Kier molecular flexibility index (Phi) is 6.59. The van der Waals surface area contributed by atoms with E-state index in [0.717, 1.165) is 59.4 Å². The van der Waals surface area contributed by atoms with Gasteiger partial charge in [0, 0.05) is 47.5 Å². The number of ketones is 1. The third-order valence-corrected chi connectivity index (χ3v) is 11.3. The van der Waals surface area contributed by atoms with E-state index in [1.165, 1.54) is 0 Å². The number of fused-ring (bicyclic) bond motifs is 5. The summed E-state index contributed by atoms with van der Waals surface area (Å²) in [6, 6.07) is 12.0. The molecule has 3 fully saturated rings. The van der Waals surface area contributed by atoms with Crippen LogP contribution in [0.3, 0.4) is 0 Å². The molecular formula is C36H39BN4O4. The number of aromatic amines is 1. The molecule has 3 aliphatic carbocycles. The first-order valence-corrected chi connectivity index (χ1v) is 16.3. The first kappa shape index (κ1) is 28.6. The van der Waals surface area contributed by atoms with E-state index in [2.05, 4.69) is 15.3 Å². The Morgan fingerprint density at radius 1 is 1.00 bits per heavy atom. The van der Waals surface area contributed by atoms with Crippen LogP contribution < -0.4 is 10.8 Å². The third-order valence-electron chi connectivity index (χ3n) is 11.3. The van der Waals surface area contributed by atoms with Gasteiger partial charge in [0.25, 0.3) is 0 Å². The molecule has 2 aliphatic heterocycles. The summed E-state index contributed by atoms with van der Waals surface area (Å²) in [4.78, 5) is 39.9. The van der Waals surface area contributed by atoms with Crippen molar-refractivity contribution in [3.63, 3.8) is 0 Å². The van der Waals surface area contributed by atoms with Crippen LogP contribution in [-0.4, -0.2) is 52.7 Å². The van der Waals surface area contributed by atoms with E-state index in [0.29, 0.717) is 29.5 Å². The van der Waals surface area contributed by atoms with Gasteiger partial charge in [-0.25, -0.2) is 4.98 Å². The second-order valence-corrected chi connectivity index (χ2v) is 14.5. The number of amides is 1. The number of nitrogens with zero attached hydrogens (tertiary/aromatic N) is 2. The molecule has 5 atom stereocenters. The fraction of sp³-hybridized carbons (Fsp3) is 0.444. The molecular weight excluding hydrogens is 563 g/mol. The molecule has 1 aromatic heterocycles. The molecule has 3 heterocycles. The van der Waals surface area contributed by atoms with Gasteiger partial charge in [0.05, 0.1) is 29.0 Å². The Bertz CT molecular complexity index is 1760. The fourth-order valence-corrected chi connectivity index (χ4v) is 8.12. The normalized spacial score (nSPS) is 28.5. The van der Waals surface area contributed by atoms with Crippen LogP contribution in [0.25, 0.3) is 22.4 Å². The molecule has 2 bridgehead atoms. The van der Waals surface area contributed by atoms with Crippen LogP contribution in [0, 0.1) is 23.7 Å². The summed E-state index contributed by atoms with van der Waals surface area (Å²) in [6.07, 6.45) is 11.9. The van der Waals surface area contributed by atoms with Crippen molar-refractivity contribution in [1.82, 2.24) is 15.3 Å². The van der Waals surface area contributed by atoms with Crippen molar-refractivity contribution in [3.8, 4) is 22.4 Å². The standard InChI is InChI=1S/C36H39BN4O4/c1-35(2)36(3,4)45-37(44-35)24-10-12-26-25-11-9-21(15-27(25)32(42)28(26)16-24)29-19-39-33(41-29)30-22-7-8-23(14-22)31(30)34(43)40-18-20-6-5-13-38-17-20/h5,9-13,15-17,19-20,22-23,30-31H,6-8,14,18H2,1-4H3,(H,39,41)(H,40,43). The zero-order chi connectivity index (χ0) is 31.1. The highest BCUT2D eigenvalue weighted by Crippen LogP contribution is 2.56. The number of benzene rings is 2. The molecule has 230 valence electrons. The summed E-state index contributed by atoms with van der Waals surface area (Å²) in [5, 5.41) is 3.23. The lowest BCUT2D eigenvalue weighted by molar-refractivity contribution is -0.127. The summed E-state index contributed by atoms with van der Waals surface area (Å²) in [5.74, 6) is 2.11. The number of nitrogens with one attached hydrogen (secondary N) is 2. The van der Waals surface area contributed by atoms with Gasteiger partial charge in [-0.15, -0.1) is 0 Å². The van der Waals surface area contributed by atoms with Crippen molar-refractivity contribution in [1.29, 1.82) is 0 Å². The van der Waals surface area contributed by atoms with Gasteiger partial charge in [-0.2, -0.15) is 0 Å². The summed E-state index contributed by atoms with van der Waals surface area (Å²) >= 11 is 0. The van der Waals surface area contributed by atoms with E-state index in [4.69, 9.17) is 14.3 Å². The maximum Gasteiger partial charge on any atom is 0.494 e. The maximum atomic E-state index is 13.7. The van der Waals surface area contributed by atoms with Crippen LogP contribution in [-0.2, 0) is 14.1 Å². The summed E-state index contributed by atoms with van der Waals surface area (Å²) in [7, 11) is -0.522. The van der Waals surface area contributed by atoms with Gasteiger partial charge in [-0.05, 0) is 87.9 Å². The van der Waals surface area contributed by atoms with E-state index < -0.39 is 18.3 Å².